The highest BCUT2D eigenvalue weighted by Crippen LogP contribution is 2.30. The lowest BCUT2D eigenvalue weighted by Gasteiger charge is -2.18. The molecule has 2 aromatic carbocycles. The number of thiazole rings is 1. The predicted octanol–water partition coefficient (Wildman–Crippen LogP) is 3.56. The molecule has 1 aliphatic heterocycles. The number of hydrogen-bond donors (Lipinski definition) is 0. The minimum absolute atomic E-state index is 0.187. The summed E-state index contributed by atoms with van der Waals surface area (Å²) in [6.07, 6.45) is 0.787. The number of carbonyl (C=O) groups is 1. The average Bonchev–Trinajstić information content (AvgIpc) is 3.34. The summed E-state index contributed by atoms with van der Waals surface area (Å²) in [5.74, 6) is -0.558. The molecular weight excluding hydrogens is 403 g/mol. The van der Waals surface area contributed by atoms with Gasteiger partial charge in [0.15, 0.2) is 5.52 Å². The van der Waals surface area contributed by atoms with Crippen LogP contribution >= 0.6 is 11.3 Å². The maximum atomic E-state index is 13.4. The van der Waals surface area contributed by atoms with Crippen LogP contribution in [-0.2, 0) is 17.8 Å². The number of rotatable bonds is 3. The summed E-state index contributed by atoms with van der Waals surface area (Å²) < 4.78 is 15.2. The fourth-order valence-corrected chi connectivity index (χ4v) is 4.70. The summed E-state index contributed by atoms with van der Waals surface area (Å²) in [6, 6.07) is 13.7. The van der Waals surface area contributed by atoms with Gasteiger partial charge in [-0.15, -0.1) is 11.3 Å². The Hall–Kier alpha value is -3.39. The van der Waals surface area contributed by atoms with Gasteiger partial charge in [-0.1, -0.05) is 18.2 Å². The van der Waals surface area contributed by atoms with Crippen molar-refractivity contribution in [2.45, 2.75) is 19.9 Å². The number of hydrogen-bond acceptors (Lipinski definition) is 5. The molecule has 0 bridgehead atoms. The highest BCUT2D eigenvalue weighted by atomic mass is 32.1. The van der Waals surface area contributed by atoms with E-state index in [1.807, 2.05) is 31.2 Å². The summed E-state index contributed by atoms with van der Waals surface area (Å²) in [6.45, 7) is 2.21. The topological polar surface area (TPSA) is 68.1 Å². The quantitative estimate of drug-likeness (QED) is 0.508. The molecule has 0 N–H and O–H groups in total. The van der Waals surface area contributed by atoms with Crippen molar-refractivity contribution in [1.82, 2.24) is 14.8 Å². The van der Waals surface area contributed by atoms with Crippen LogP contribution in [0.2, 0.25) is 0 Å². The maximum Gasteiger partial charge on any atom is 0.294 e. The minimum Gasteiger partial charge on any atom is -0.310 e. The van der Waals surface area contributed by atoms with Crippen LogP contribution in [0.3, 0.4) is 0 Å². The molecule has 0 unspecified atom stereocenters. The van der Waals surface area contributed by atoms with E-state index in [1.165, 1.54) is 28.2 Å². The third-order valence-corrected chi connectivity index (χ3v) is 6.18. The minimum atomic E-state index is -0.402. The first-order valence-electron chi connectivity index (χ1n) is 9.54. The fraction of sp³-hybridized carbons (Fsp3) is 0.182. The number of fused-ring (bicyclic) bond motifs is 2. The lowest BCUT2D eigenvalue weighted by molar-refractivity contribution is -0.119. The van der Waals surface area contributed by atoms with Gasteiger partial charge in [-0.05, 0) is 49.2 Å². The van der Waals surface area contributed by atoms with Crippen molar-refractivity contribution >= 4 is 33.1 Å². The second-order valence-corrected chi connectivity index (χ2v) is 8.36. The second kappa shape index (κ2) is 7.14. The van der Waals surface area contributed by atoms with Crippen molar-refractivity contribution in [3.63, 3.8) is 0 Å². The van der Waals surface area contributed by atoms with E-state index in [2.05, 4.69) is 10.1 Å². The number of para-hydroxylation sites is 1. The predicted molar refractivity (Wildman–Crippen MR) is 114 cm³/mol. The van der Waals surface area contributed by atoms with E-state index in [-0.39, 0.29) is 23.8 Å². The van der Waals surface area contributed by atoms with Crippen LogP contribution in [0, 0.1) is 12.7 Å². The SMILES string of the molecule is Cc1nc2c(=O)n(CC(=O)N3CCc4ccccc43)nc(-c3ccc(F)cc3)c2s1. The lowest BCUT2D eigenvalue weighted by atomic mass is 10.1. The Morgan fingerprint density at radius 3 is 2.73 bits per heavy atom. The van der Waals surface area contributed by atoms with Crippen LogP contribution in [-0.4, -0.2) is 27.2 Å². The van der Waals surface area contributed by atoms with Crippen molar-refractivity contribution in [1.29, 1.82) is 0 Å². The first kappa shape index (κ1) is 18.6. The number of halogens is 1. The molecule has 30 heavy (non-hydrogen) atoms. The molecule has 1 amide bonds. The molecule has 0 saturated carbocycles. The van der Waals surface area contributed by atoms with Gasteiger partial charge in [-0.3, -0.25) is 9.59 Å². The van der Waals surface area contributed by atoms with Gasteiger partial charge >= 0.3 is 0 Å². The molecule has 2 aromatic heterocycles. The van der Waals surface area contributed by atoms with Crippen LogP contribution in [0.25, 0.3) is 21.5 Å². The standard InChI is InChI=1S/C22H17FN4O2S/c1-13-24-20-21(30-13)19(15-6-8-16(23)9-7-15)25-27(22(20)29)12-18(28)26-11-10-14-4-2-3-5-17(14)26/h2-9H,10-12H2,1H3. The molecule has 3 heterocycles. The molecule has 8 heteroatoms. The van der Waals surface area contributed by atoms with Gasteiger partial charge in [-0.2, -0.15) is 5.10 Å². The van der Waals surface area contributed by atoms with Gasteiger partial charge in [0.2, 0.25) is 5.91 Å². The first-order valence-corrected chi connectivity index (χ1v) is 10.4. The van der Waals surface area contributed by atoms with E-state index in [9.17, 15) is 14.0 Å². The highest BCUT2D eigenvalue weighted by Gasteiger charge is 2.26. The third-order valence-electron chi connectivity index (χ3n) is 5.20. The van der Waals surface area contributed by atoms with Crippen molar-refractivity contribution in [3.8, 4) is 11.3 Å². The van der Waals surface area contributed by atoms with Gasteiger partial charge < -0.3 is 4.90 Å². The van der Waals surface area contributed by atoms with Crippen LogP contribution in [0.5, 0.6) is 0 Å². The van der Waals surface area contributed by atoms with Gasteiger partial charge in [-0.25, -0.2) is 14.1 Å². The Morgan fingerprint density at radius 2 is 1.93 bits per heavy atom. The van der Waals surface area contributed by atoms with Crippen LogP contribution < -0.4 is 10.5 Å². The van der Waals surface area contributed by atoms with E-state index >= 15 is 0 Å². The van der Waals surface area contributed by atoms with Gasteiger partial charge in [0, 0.05) is 17.8 Å². The highest BCUT2D eigenvalue weighted by molar-refractivity contribution is 7.19. The summed E-state index contributed by atoms with van der Waals surface area (Å²) in [5.41, 5.74) is 3.05. The molecule has 150 valence electrons. The maximum absolute atomic E-state index is 13.4. The molecule has 4 aromatic rings. The Balaban J connectivity index is 1.58. The second-order valence-electron chi connectivity index (χ2n) is 7.15. The lowest BCUT2D eigenvalue weighted by Crippen LogP contribution is -2.36. The zero-order chi connectivity index (χ0) is 20.8. The van der Waals surface area contributed by atoms with Gasteiger partial charge in [0.25, 0.3) is 5.56 Å². The van der Waals surface area contributed by atoms with Gasteiger partial charge in [0.1, 0.15) is 18.1 Å². The van der Waals surface area contributed by atoms with E-state index in [0.717, 1.165) is 22.7 Å². The zero-order valence-electron chi connectivity index (χ0n) is 16.1. The first-order chi connectivity index (χ1) is 14.5. The molecule has 0 fully saturated rings. The summed E-state index contributed by atoms with van der Waals surface area (Å²) in [4.78, 5) is 32.1. The molecule has 0 saturated heterocycles. The summed E-state index contributed by atoms with van der Waals surface area (Å²) in [5, 5.41) is 5.21. The van der Waals surface area contributed by atoms with Crippen molar-refractivity contribution in [3.05, 3.63) is 75.3 Å². The Bertz CT molecular complexity index is 1340. The van der Waals surface area contributed by atoms with Crippen molar-refractivity contribution in [2.24, 2.45) is 0 Å². The van der Waals surface area contributed by atoms with E-state index in [1.54, 1.807) is 17.0 Å². The largest absolute Gasteiger partial charge is 0.310 e. The fourth-order valence-electron chi connectivity index (χ4n) is 3.78. The zero-order valence-corrected chi connectivity index (χ0v) is 16.9. The Morgan fingerprint density at radius 1 is 1.17 bits per heavy atom. The Labute approximate surface area is 175 Å². The molecule has 0 radical (unpaired) electrons. The number of anilines is 1. The molecule has 6 nitrogen and oxygen atoms in total. The summed E-state index contributed by atoms with van der Waals surface area (Å²) in [7, 11) is 0. The van der Waals surface area contributed by atoms with E-state index < -0.39 is 5.56 Å². The average molecular weight is 420 g/mol. The molecule has 0 atom stereocenters. The third kappa shape index (κ3) is 3.09. The van der Waals surface area contributed by atoms with Crippen molar-refractivity contribution < 1.29 is 9.18 Å². The molecule has 1 aliphatic rings. The molecule has 5 rings (SSSR count). The monoisotopic (exact) mass is 420 g/mol. The van der Waals surface area contributed by atoms with Gasteiger partial charge in [0.05, 0.1) is 9.71 Å². The van der Waals surface area contributed by atoms with E-state index in [0.29, 0.717) is 22.5 Å². The van der Waals surface area contributed by atoms with Crippen LogP contribution in [0.15, 0.2) is 53.3 Å². The molecule has 0 aliphatic carbocycles. The number of amides is 1. The number of aromatic nitrogens is 3. The van der Waals surface area contributed by atoms with Crippen molar-refractivity contribution in [2.75, 3.05) is 11.4 Å². The smallest absolute Gasteiger partial charge is 0.294 e. The van der Waals surface area contributed by atoms with E-state index in [4.69, 9.17) is 0 Å². The Kier molecular flexibility index (Phi) is 4.43. The van der Waals surface area contributed by atoms with Crippen LogP contribution in [0.1, 0.15) is 10.6 Å². The number of nitrogens with zero attached hydrogens (tertiary/aromatic N) is 4. The normalized spacial score (nSPS) is 13.1. The number of aryl methyl sites for hydroxylation is 1. The number of carbonyl (C=O) groups excluding carboxylic acids is 1. The summed E-state index contributed by atoms with van der Waals surface area (Å²) >= 11 is 1.36. The molecular formula is C22H17FN4O2S. The van der Waals surface area contributed by atoms with Crippen LogP contribution in [0.4, 0.5) is 10.1 Å². The number of benzene rings is 2. The molecule has 0 spiro atoms.